The number of aliphatic hydroxyl groups is 1. The molecule has 0 fully saturated rings. The standard InChI is InChI=1S/C19H36O4S/c1-2-3-13-16-19(20)17-14-11-9-7-5-4-6-8-10-12-15-18-24(21,22)23/h19-20H,2-13,15-16,18H2,1H3,(H,21,22,23). The van der Waals surface area contributed by atoms with Crippen molar-refractivity contribution in [3.63, 3.8) is 0 Å². The van der Waals surface area contributed by atoms with Crippen LogP contribution < -0.4 is 0 Å². The molecule has 0 aromatic heterocycles. The second-order valence-electron chi connectivity index (χ2n) is 6.55. The summed E-state index contributed by atoms with van der Waals surface area (Å²) >= 11 is 0. The molecule has 0 aliphatic rings. The molecule has 5 heteroatoms. The summed E-state index contributed by atoms with van der Waals surface area (Å²) in [7, 11) is -3.77. The van der Waals surface area contributed by atoms with Crippen LogP contribution in [0.15, 0.2) is 0 Å². The Labute approximate surface area is 149 Å². The van der Waals surface area contributed by atoms with Crippen molar-refractivity contribution in [1.29, 1.82) is 0 Å². The maximum absolute atomic E-state index is 10.5. The van der Waals surface area contributed by atoms with Gasteiger partial charge in [0, 0.05) is 6.42 Å². The fourth-order valence-corrected chi connectivity index (χ4v) is 3.15. The molecule has 4 nitrogen and oxygen atoms in total. The summed E-state index contributed by atoms with van der Waals surface area (Å²) in [6.45, 7) is 2.15. The van der Waals surface area contributed by atoms with Gasteiger partial charge in [0.1, 0.15) is 6.10 Å². The van der Waals surface area contributed by atoms with Gasteiger partial charge in [0.2, 0.25) is 0 Å². The monoisotopic (exact) mass is 360 g/mol. The molecule has 0 saturated heterocycles. The lowest BCUT2D eigenvalue weighted by Gasteiger charge is -2.02. The highest BCUT2D eigenvalue weighted by Crippen LogP contribution is 2.11. The summed E-state index contributed by atoms with van der Waals surface area (Å²) in [5.41, 5.74) is 0. The first-order chi connectivity index (χ1) is 11.5. The van der Waals surface area contributed by atoms with Crippen LogP contribution in [0.1, 0.15) is 96.8 Å². The highest BCUT2D eigenvalue weighted by Gasteiger charge is 2.02. The van der Waals surface area contributed by atoms with E-state index in [2.05, 4.69) is 18.8 Å². The van der Waals surface area contributed by atoms with Crippen LogP contribution in [0.25, 0.3) is 0 Å². The molecule has 0 bridgehead atoms. The Morgan fingerprint density at radius 1 is 0.833 bits per heavy atom. The average Bonchev–Trinajstić information content (AvgIpc) is 2.51. The van der Waals surface area contributed by atoms with Crippen molar-refractivity contribution < 1.29 is 18.1 Å². The lowest BCUT2D eigenvalue weighted by Crippen LogP contribution is -2.03. The lowest BCUT2D eigenvalue weighted by atomic mass is 10.1. The molecule has 1 atom stereocenters. The van der Waals surface area contributed by atoms with E-state index in [0.717, 1.165) is 44.9 Å². The van der Waals surface area contributed by atoms with Crippen LogP contribution in [-0.2, 0) is 10.1 Å². The van der Waals surface area contributed by atoms with E-state index in [4.69, 9.17) is 4.55 Å². The normalized spacial score (nSPS) is 12.6. The number of unbranched alkanes of at least 4 members (excludes halogenated alkanes) is 11. The van der Waals surface area contributed by atoms with Gasteiger partial charge >= 0.3 is 0 Å². The Morgan fingerprint density at radius 3 is 1.92 bits per heavy atom. The van der Waals surface area contributed by atoms with Gasteiger partial charge in [-0.25, -0.2) is 0 Å². The summed E-state index contributed by atoms with van der Waals surface area (Å²) in [5.74, 6) is 5.90. The molecule has 24 heavy (non-hydrogen) atoms. The summed E-state index contributed by atoms with van der Waals surface area (Å²) in [5, 5.41) is 9.66. The van der Waals surface area contributed by atoms with Crippen molar-refractivity contribution in [2.45, 2.75) is 103 Å². The molecular weight excluding hydrogens is 324 g/mol. The molecule has 0 spiro atoms. The summed E-state index contributed by atoms with van der Waals surface area (Å²) in [6, 6.07) is 0. The Balaban J connectivity index is 3.28. The second-order valence-corrected chi connectivity index (χ2v) is 8.12. The molecule has 0 radical (unpaired) electrons. The highest BCUT2D eigenvalue weighted by molar-refractivity contribution is 7.85. The Morgan fingerprint density at radius 2 is 1.38 bits per heavy atom. The van der Waals surface area contributed by atoms with E-state index in [1.54, 1.807) is 0 Å². The van der Waals surface area contributed by atoms with E-state index in [-0.39, 0.29) is 5.75 Å². The van der Waals surface area contributed by atoms with Crippen LogP contribution in [0.4, 0.5) is 0 Å². The fraction of sp³-hybridized carbons (Fsp3) is 0.895. The molecule has 2 N–H and O–H groups in total. The van der Waals surface area contributed by atoms with Gasteiger partial charge in [0.15, 0.2) is 0 Å². The minimum atomic E-state index is -3.77. The number of hydrogen-bond donors (Lipinski definition) is 2. The number of hydrogen-bond acceptors (Lipinski definition) is 3. The van der Waals surface area contributed by atoms with Crippen molar-refractivity contribution in [2.75, 3.05) is 5.75 Å². The Bertz CT molecular complexity index is 434. The molecule has 0 saturated carbocycles. The molecule has 0 aromatic rings. The van der Waals surface area contributed by atoms with Crippen molar-refractivity contribution in [1.82, 2.24) is 0 Å². The summed E-state index contributed by atoms with van der Waals surface area (Å²) < 4.78 is 29.7. The van der Waals surface area contributed by atoms with Gasteiger partial charge in [-0.3, -0.25) is 4.55 Å². The highest BCUT2D eigenvalue weighted by atomic mass is 32.2. The van der Waals surface area contributed by atoms with Crippen molar-refractivity contribution in [3.8, 4) is 11.8 Å². The van der Waals surface area contributed by atoms with Crippen LogP contribution >= 0.6 is 0 Å². The largest absolute Gasteiger partial charge is 0.380 e. The van der Waals surface area contributed by atoms with Crippen LogP contribution in [0.2, 0.25) is 0 Å². The molecule has 142 valence electrons. The molecule has 0 aliphatic carbocycles. The van der Waals surface area contributed by atoms with Crippen molar-refractivity contribution in [2.24, 2.45) is 0 Å². The molecule has 1 unspecified atom stereocenters. The number of aliphatic hydroxyl groups excluding tert-OH is 1. The van der Waals surface area contributed by atoms with Gasteiger partial charge in [0.05, 0.1) is 5.75 Å². The van der Waals surface area contributed by atoms with E-state index in [0.29, 0.717) is 6.42 Å². The number of rotatable bonds is 15. The maximum Gasteiger partial charge on any atom is 0.264 e. The quantitative estimate of drug-likeness (QED) is 0.252. The van der Waals surface area contributed by atoms with Crippen molar-refractivity contribution >= 4 is 10.1 Å². The lowest BCUT2D eigenvalue weighted by molar-refractivity contribution is 0.217. The molecule has 0 amide bonds. The predicted octanol–water partition coefficient (Wildman–Crippen LogP) is 4.72. The van der Waals surface area contributed by atoms with Gasteiger partial charge in [-0.1, -0.05) is 70.6 Å². The first-order valence-electron chi connectivity index (χ1n) is 9.57. The zero-order valence-electron chi connectivity index (χ0n) is 15.3. The van der Waals surface area contributed by atoms with E-state index in [9.17, 15) is 13.5 Å². The molecule has 0 rings (SSSR count). The fourth-order valence-electron chi connectivity index (χ4n) is 2.59. The second kappa shape index (κ2) is 15.9. The van der Waals surface area contributed by atoms with E-state index in [1.165, 1.54) is 38.5 Å². The summed E-state index contributed by atoms with van der Waals surface area (Å²) in [6.07, 6.45) is 14.1. The molecule has 0 aromatic carbocycles. The minimum Gasteiger partial charge on any atom is -0.380 e. The zero-order chi connectivity index (χ0) is 18.1. The molecule has 0 heterocycles. The van der Waals surface area contributed by atoms with Gasteiger partial charge < -0.3 is 5.11 Å². The van der Waals surface area contributed by atoms with Crippen LogP contribution in [0.5, 0.6) is 0 Å². The third kappa shape index (κ3) is 19.5. The van der Waals surface area contributed by atoms with Gasteiger partial charge in [-0.2, -0.15) is 8.42 Å². The third-order valence-corrected chi connectivity index (χ3v) is 4.86. The predicted molar refractivity (Wildman–Crippen MR) is 101 cm³/mol. The minimum absolute atomic E-state index is 0.110. The molecular formula is C19H36O4S. The van der Waals surface area contributed by atoms with Gasteiger partial charge in [-0.05, 0) is 25.7 Å². The van der Waals surface area contributed by atoms with E-state index < -0.39 is 16.2 Å². The van der Waals surface area contributed by atoms with Crippen LogP contribution in [-0.4, -0.2) is 29.9 Å². The SMILES string of the molecule is CCCCCC(O)C#CCCCCCCCCCCCS(=O)(=O)O. The van der Waals surface area contributed by atoms with Crippen molar-refractivity contribution in [3.05, 3.63) is 0 Å². The average molecular weight is 361 g/mol. The molecule has 0 aliphatic heterocycles. The first-order valence-corrected chi connectivity index (χ1v) is 11.2. The first kappa shape index (κ1) is 23.4. The summed E-state index contributed by atoms with van der Waals surface area (Å²) in [4.78, 5) is 0. The van der Waals surface area contributed by atoms with Gasteiger partial charge in [-0.15, -0.1) is 5.92 Å². The Hall–Kier alpha value is -0.570. The third-order valence-electron chi connectivity index (χ3n) is 4.05. The van der Waals surface area contributed by atoms with Crippen LogP contribution in [0, 0.1) is 11.8 Å². The van der Waals surface area contributed by atoms with Crippen LogP contribution in [0.3, 0.4) is 0 Å². The Kier molecular flexibility index (Phi) is 15.6. The smallest absolute Gasteiger partial charge is 0.264 e. The van der Waals surface area contributed by atoms with Gasteiger partial charge in [0.25, 0.3) is 10.1 Å². The zero-order valence-corrected chi connectivity index (χ0v) is 16.1. The topological polar surface area (TPSA) is 74.6 Å². The van der Waals surface area contributed by atoms with E-state index in [1.807, 2.05) is 0 Å². The van der Waals surface area contributed by atoms with E-state index >= 15 is 0 Å². The maximum atomic E-state index is 10.5.